The van der Waals surface area contributed by atoms with E-state index in [-0.39, 0.29) is 31.0 Å². The summed E-state index contributed by atoms with van der Waals surface area (Å²) in [5.41, 5.74) is 1.00. The Bertz CT molecular complexity index is 1050. The van der Waals surface area contributed by atoms with Gasteiger partial charge >= 0.3 is 5.97 Å². The van der Waals surface area contributed by atoms with Crippen LogP contribution in [0.15, 0.2) is 57.8 Å². The topological polar surface area (TPSA) is 85.0 Å². The first-order valence-electron chi connectivity index (χ1n) is 7.84. The van der Waals surface area contributed by atoms with E-state index in [2.05, 4.69) is 20.9 Å². The van der Waals surface area contributed by atoms with Crippen LogP contribution in [-0.4, -0.2) is 15.5 Å². The van der Waals surface area contributed by atoms with E-state index < -0.39 is 5.97 Å². The molecule has 26 heavy (non-hydrogen) atoms. The summed E-state index contributed by atoms with van der Waals surface area (Å²) in [6.07, 6.45) is 0.114. The number of ether oxygens (including phenoxy) is 1. The molecule has 0 radical (unpaired) electrons. The Balaban J connectivity index is 1.80. The number of hydrogen-bond acceptors (Lipinski definition) is 5. The van der Waals surface area contributed by atoms with Crippen molar-refractivity contribution < 1.29 is 9.53 Å². The van der Waals surface area contributed by atoms with Gasteiger partial charge in [-0.3, -0.25) is 14.2 Å². The van der Waals surface area contributed by atoms with Gasteiger partial charge in [-0.2, -0.15) is 5.26 Å². The van der Waals surface area contributed by atoms with E-state index in [4.69, 9.17) is 10.00 Å². The molecule has 3 rings (SSSR count). The Morgan fingerprint density at radius 1 is 1.19 bits per heavy atom. The minimum absolute atomic E-state index is 0.114. The average Bonchev–Trinajstić information content (AvgIpc) is 2.64. The average molecular weight is 412 g/mol. The van der Waals surface area contributed by atoms with Gasteiger partial charge in [0.1, 0.15) is 13.2 Å². The maximum atomic E-state index is 12.5. The Kier molecular flexibility index (Phi) is 5.44. The fraction of sp³-hybridized carbons (Fsp3) is 0.158. The van der Waals surface area contributed by atoms with Crippen molar-refractivity contribution in [2.75, 3.05) is 0 Å². The van der Waals surface area contributed by atoms with Crippen molar-refractivity contribution in [3.8, 4) is 6.07 Å². The molecule has 1 heterocycles. The number of hydrogen-bond donors (Lipinski definition) is 0. The zero-order valence-corrected chi connectivity index (χ0v) is 15.3. The highest BCUT2D eigenvalue weighted by atomic mass is 79.9. The van der Waals surface area contributed by atoms with Crippen LogP contribution in [0.2, 0.25) is 0 Å². The molecule has 130 valence electrons. The molecule has 0 amide bonds. The fourth-order valence-corrected chi connectivity index (χ4v) is 2.79. The normalized spacial score (nSPS) is 10.5. The Labute approximate surface area is 157 Å². The van der Waals surface area contributed by atoms with Gasteiger partial charge in [-0.05, 0) is 29.8 Å². The predicted molar refractivity (Wildman–Crippen MR) is 99.3 cm³/mol. The van der Waals surface area contributed by atoms with Gasteiger partial charge in [0.25, 0.3) is 5.56 Å². The summed E-state index contributed by atoms with van der Waals surface area (Å²) in [5.74, 6) is -0.183. The molecule has 0 aliphatic carbocycles. The van der Waals surface area contributed by atoms with Crippen molar-refractivity contribution in [3.05, 3.63) is 74.7 Å². The number of carbonyl (C=O) groups excluding carboxylic acids is 1. The van der Waals surface area contributed by atoms with Gasteiger partial charge in [-0.1, -0.05) is 40.2 Å². The Hall–Kier alpha value is -2.98. The zero-order valence-electron chi connectivity index (χ0n) is 13.7. The van der Waals surface area contributed by atoms with Crippen molar-refractivity contribution in [2.24, 2.45) is 0 Å². The third-order valence-electron chi connectivity index (χ3n) is 3.79. The summed E-state index contributed by atoms with van der Waals surface area (Å²) in [7, 11) is 0. The lowest BCUT2D eigenvalue weighted by molar-refractivity contribution is -0.144. The number of esters is 1. The molecule has 6 nitrogen and oxygen atoms in total. The molecule has 7 heteroatoms. The minimum Gasteiger partial charge on any atom is -0.457 e. The predicted octanol–water partition coefficient (Wildman–Crippen LogP) is 2.97. The second-order valence-corrected chi connectivity index (χ2v) is 6.47. The number of nitriles is 1. The van der Waals surface area contributed by atoms with Crippen LogP contribution >= 0.6 is 15.9 Å². The van der Waals surface area contributed by atoms with Crippen LogP contribution in [0, 0.1) is 11.3 Å². The fourth-order valence-electron chi connectivity index (χ4n) is 2.52. The van der Waals surface area contributed by atoms with Gasteiger partial charge in [0.15, 0.2) is 5.82 Å². The second kappa shape index (κ2) is 7.93. The van der Waals surface area contributed by atoms with Crippen molar-refractivity contribution in [3.63, 3.8) is 0 Å². The van der Waals surface area contributed by atoms with Gasteiger partial charge in [-0.15, -0.1) is 0 Å². The van der Waals surface area contributed by atoms with E-state index in [1.165, 1.54) is 4.57 Å². The van der Waals surface area contributed by atoms with Crippen LogP contribution in [0.25, 0.3) is 10.9 Å². The molecular weight excluding hydrogens is 398 g/mol. The lowest BCUT2D eigenvalue weighted by Gasteiger charge is -2.11. The second-order valence-electron chi connectivity index (χ2n) is 5.56. The third-order valence-corrected chi connectivity index (χ3v) is 4.32. The summed E-state index contributed by atoms with van der Waals surface area (Å²) in [5, 5.41) is 9.41. The lowest BCUT2D eigenvalue weighted by atomic mass is 10.2. The number of para-hydroxylation sites is 1. The Morgan fingerprint density at radius 2 is 1.92 bits per heavy atom. The summed E-state index contributed by atoms with van der Waals surface area (Å²) in [4.78, 5) is 29.0. The zero-order chi connectivity index (χ0) is 18.5. The van der Waals surface area contributed by atoms with E-state index >= 15 is 0 Å². The largest absolute Gasteiger partial charge is 0.457 e. The van der Waals surface area contributed by atoms with Gasteiger partial charge in [0.2, 0.25) is 0 Å². The molecule has 0 fully saturated rings. The van der Waals surface area contributed by atoms with E-state index in [0.29, 0.717) is 10.9 Å². The molecule has 1 aromatic heterocycles. The standard InChI is InChI=1S/C19H14BrN3O3/c20-14-7-5-13(6-8-14)11-18(24)26-12-17-22-16-4-2-1-3-15(16)19(25)23(17)10-9-21/h1-8H,10-12H2. The van der Waals surface area contributed by atoms with Gasteiger partial charge in [0.05, 0.1) is 23.4 Å². The van der Waals surface area contributed by atoms with Crippen LogP contribution in [0.3, 0.4) is 0 Å². The highest BCUT2D eigenvalue weighted by Crippen LogP contribution is 2.12. The number of fused-ring (bicyclic) bond motifs is 1. The highest BCUT2D eigenvalue weighted by molar-refractivity contribution is 9.10. The summed E-state index contributed by atoms with van der Waals surface area (Å²) in [6, 6.07) is 16.2. The highest BCUT2D eigenvalue weighted by Gasteiger charge is 2.13. The van der Waals surface area contributed by atoms with E-state index in [1.807, 2.05) is 30.3 Å². The smallest absolute Gasteiger partial charge is 0.310 e. The number of aromatic nitrogens is 2. The van der Waals surface area contributed by atoms with Gasteiger partial charge < -0.3 is 4.74 Å². The van der Waals surface area contributed by atoms with Crippen LogP contribution in [-0.2, 0) is 29.1 Å². The number of nitrogens with zero attached hydrogens (tertiary/aromatic N) is 3. The molecule has 0 saturated carbocycles. The third kappa shape index (κ3) is 3.98. The quantitative estimate of drug-likeness (QED) is 0.602. The molecule has 0 bridgehead atoms. The van der Waals surface area contributed by atoms with E-state index in [0.717, 1.165) is 10.0 Å². The number of carbonyl (C=O) groups is 1. The first-order valence-corrected chi connectivity index (χ1v) is 8.63. The SMILES string of the molecule is N#CCn1c(COC(=O)Cc2ccc(Br)cc2)nc2ccccc2c1=O. The molecule has 3 aromatic rings. The first-order chi connectivity index (χ1) is 12.6. The molecule has 0 saturated heterocycles. The first kappa shape index (κ1) is 17.8. The van der Waals surface area contributed by atoms with E-state index in [1.54, 1.807) is 24.3 Å². The van der Waals surface area contributed by atoms with Crippen LogP contribution in [0.4, 0.5) is 0 Å². The molecule has 0 atom stereocenters. The van der Waals surface area contributed by atoms with Crippen molar-refractivity contribution >= 4 is 32.8 Å². The number of halogens is 1. The van der Waals surface area contributed by atoms with Gasteiger partial charge in [-0.25, -0.2) is 4.98 Å². The van der Waals surface area contributed by atoms with Crippen LogP contribution in [0.1, 0.15) is 11.4 Å². The maximum absolute atomic E-state index is 12.5. The van der Waals surface area contributed by atoms with Crippen molar-refractivity contribution in [1.29, 1.82) is 5.26 Å². The number of benzene rings is 2. The molecule has 0 aliphatic heterocycles. The molecule has 0 unspecified atom stereocenters. The maximum Gasteiger partial charge on any atom is 0.310 e. The van der Waals surface area contributed by atoms with Crippen LogP contribution < -0.4 is 5.56 Å². The van der Waals surface area contributed by atoms with Crippen LogP contribution in [0.5, 0.6) is 0 Å². The van der Waals surface area contributed by atoms with Crippen molar-refractivity contribution in [2.45, 2.75) is 19.6 Å². The van der Waals surface area contributed by atoms with E-state index in [9.17, 15) is 9.59 Å². The summed E-state index contributed by atoms with van der Waals surface area (Å²) in [6.45, 7) is -0.326. The minimum atomic E-state index is -0.432. The summed E-state index contributed by atoms with van der Waals surface area (Å²) >= 11 is 3.34. The van der Waals surface area contributed by atoms with Crippen molar-refractivity contribution in [1.82, 2.24) is 9.55 Å². The monoisotopic (exact) mass is 411 g/mol. The molecule has 2 aromatic carbocycles. The number of rotatable bonds is 5. The molecular formula is C19H14BrN3O3. The van der Waals surface area contributed by atoms with Gasteiger partial charge in [0, 0.05) is 4.47 Å². The lowest BCUT2D eigenvalue weighted by Crippen LogP contribution is -2.26. The molecule has 0 aliphatic rings. The summed E-state index contributed by atoms with van der Waals surface area (Å²) < 4.78 is 7.43. The molecule has 0 spiro atoms. The Morgan fingerprint density at radius 3 is 2.65 bits per heavy atom. The molecule has 0 N–H and O–H groups in total.